The highest BCUT2D eigenvalue weighted by atomic mass is 16.1. The molecule has 0 spiro atoms. The lowest BCUT2D eigenvalue weighted by molar-refractivity contribution is 0.102. The largest absolute Gasteiger partial charge is 0.399 e. The lowest BCUT2D eigenvalue weighted by Crippen LogP contribution is -2.13. The van der Waals surface area contributed by atoms with Crippen LogP contribution >= 0.6 is 0 Å². The maximum absolute atomic E-state index is 11.7. The van der Waals surface area contributed by atoms with Crippen LogP contribution < -0.4 is 11.1 Å². The molecule has 1 aromatic heterocycles. The number of hydrogen-bond donors (Lipinski definition) is 2. The van der Waals surface area contributed by atoms with Gasteiger partial charge in [0.25, 0.3) is 5.91 Å². The summed E-state index contributed by atoms with van der Waals surface area (Å²) in [6.45, 7) is 0. The van der Waals surface area contributed by atoms with Crippen LogP contribution in [0.2, 0.25) is 0 Å². The number of nitrogens with one attached hydrogen (secondary N) is 1. The molecule has 3 N–H and O–H groups in total. The van der Waals surface area contributed by atoms with Crippen molar-refractivity contribution in [2.45, 2.75) is 0 Å². The zero-order valence-corrected chi connectivity index (χ0v) is 8.42. The Balaban J connectivity index is 2.11. The number of nitrogens with two attached hydrogens (primary N) is 1. The highest BCUT2D eigenvalue weighted by molar-refractivity contribution is 6.02. The van der Waals surface area contributed by atoms with Crippen LogP contribution in [0.4, 0.5) is 11.4 Å². The maximum Gasteiger partial charge on any atom is 0.275 e. The van der Waals surface area contributed by atoms with E-state index in [2.05, 4.69) is 15.3 Å². The van der Waals surface area contributed by atoms with E-state index in [4.69, 9.17) is 5.73 Å². The fourth-order valence-electron chi connectivity index (χ4n) is 1.18. The molecular weight excluding hydrogens is 204 g/mol. The third-order valence-corrected chi connectivity index (χ3v) is 1.96. The summed E-state index contributed by atoms with van der Waals surface area (Å²) in [5.74, 6) is -0.294. The van der Waals surface area contributed by atoms with Crippen LogP contribution in [-0.2, 0) is 0 Å². The summed E-state index contributed by atoms with van der Waals surface area (Å²) < 4.78 is 0. The van der Waals surface area contributed by atoms with E-state index in [1.165, 1.54) is 18.6 Å². The van der Waals surface area contributed by atoms with Crippen molar-refractivity contribution in [3.8, 4) is 0 Å². The first-order valence-corrected chi connectivity index (χ1v) is 4.68. The molecule has 1 heterocycles. The summed E-state index contributed by atoms with van der Waals surface area (Å²) in [6, 6.07) is 6.88. The first-order valence-electron chi connectivity index (χ1n) is 4.68. The molecule has 0 fully saturated rings. The van der Waals surface area contributed by atoms with Gasteiger partial charge < -0.3 is 11.1 Å². The first kappa shape index (κ1) is 10.1. The molecule has 5 heteroatoms. The summed E-state index contributed by atoms with van der Waals surface area (Å²) in [6.07, 6.45) is 4.39. The Bertz CT molecular complexity index is 481. The van der Waals surface area contributed by atoms with Gasteiger partial charge in [-0.05, 0) is 24.3 Å². The summed E-state index contributed by atoms with van der Waals surface area (Å²) in [5, 5.41) is 2.69. The zero-order chi connectivity index (χ0) is 11.4. The Morgan fingerprint density at radius 1 is 1.19 bits per heavy atom. The quantitative estimate of drug-likeness (QED) is 0.738. The third-order valence-electron chi connectivity index (χ3n) is 1.96. The van der Waals surface area contributed by atoms with Gasteiger partial charge in [-0.25, -0.2) is 4.98 Å². The summed E-state index contributed by atoms with van der Waals surface area (Å²) in [4.78, 5) is 19.4. The minimum atomic E-state index is -0.294. The summed E-state index contributed by atoms with van der Waals surface area (Å²) in [7, 11) is 0. The molecule has 80 valence electrons. The molecule has 0 bridgehead atoms. The number of nitrogen functional groups attached to an aromatic ring is 1. The monoisotopic (exact) mass is 214 g/mol. The van der Waals surface area contributed by atoms with Gasteiger partial charge in [0.15, 0.2) is 0 Å². The normalized spacial score (nSPS) is 9.75. The summed E-state index contributed by atoms with van der Waals surface area (Å²) in [5.41, 5.74) is 7.13. The maximum atomic E-state index is 11.7. The van der Waals surface area contributed by atoms with Crippen molar-refractivity contribution in [2.24, 2.45) is 0 Å². The molecule has 0 radical (unpaired) electrons. The molecule has 0 aliphatic carbocycles. The number of aromatic nitrogens is 2. The lowest BCUT2D eigenvalue weighted by Gasteiger charge is -2.04. The Morgan fingerprint density at radius 3 is 2.56 bits per heavy atom. The number of carbonyl (C=O) groups excluding carboxylic acids is 1. The Morgan fingerprint density at radius 2 is 1.94 bits per heavy atom. The molecular formula is C11H10N4O. The molecule has 2 aromatic rings. The highest BCUT2D eigenvalue weighted by Crippen LogP contribution is 2.11. The predicted molar refractivity (Wildman–Crippen MR) is 60.8 cm³/mol. The molecule has 0 saturated heterocycles. The van der Waals surface area contributed by atoms with Gasteiger partial charge in [0.1, 0.15) is 5.69 Å². The van der Waals surface area contributed by atoms with Crippen molar-refractivity contribution in [1.29, 1.82) is 0 Å². The smallest absolute Gasteiger partial charge is 0.275 e. The van der Waals surface area contributed by atoms with Gasteiger partial charge in [0, 0.05) is 23.8 Å². The highest BCUT2D eigenvalue weighted by Gasteiger charge is 2.06. The van der Waals surface area contributed by atoms with E-state index in [0.29, 0.717) is 11.4 Å². The van der Waals surface area contributed by atoms with Crippen LogP contribution in [0.1, 0.15) is 10.5 Å². The molecule has 2 rings (SSSR count). The fraction of sp³-hybridized carbons (Fsp3) is 0. The van der Waals surface area contributed by atoms with E-state index in [0.717, 1.165) is 0 Å². The van der Waals surface area contributed by atoms with Crippen LogP contribution in [-0.4, -0.2) is 15.9 Å². The van der Waals surface area contributed by atoms with E-state index >= 15 is 0 Å². The minimum absolute atomic E-state index is 0.277. The predicted octanol–water partition coefficient (Wildman–Crippen LogP) is 1.31. The van der Waals surface area contributed by atoms with Crippen molar-refractivity contribution in [1.82, 2.24) is 9.97 Å². The first-order chi connectivity index (χ1) is 7.75. The number of carbonyl (C=O) groups is 1. The average Bonchev–Trinajstić information content (AvgIpc) is 2.33. The van der Waals surface area contributed by atoms with E-state index in [1.807, 2.05) is 0 Å². The van der Waals surface area contributed by atoms with Crippen LogP contribution in [0.15, 0.2) is 42.9 Å². The number of rotatable bonds is 2. The van der Waals surface area contributed by atoms with E-state index in [-0.39, 0.29) is 11.6 Å². The van der Waals surface area contributed by atoms with Gasteiger partial charge >= 0.3 is 0 Å². The van der Waals surface area contributed by atoms with Crippen molar-refractivity contribution in [3.05, 3.63) is 48.5 Å². The molecule has 0 aliphatic heterocycles. The standard InChI is InChI=1S/C11H10N4O/c12-8-1-3-9(4-2-8)15-11(16)10-7-13-5-6-14-10/h1-7H,12H2,(H,15,16). The number of hydrogen-bond acceptors (Lipinski definition) is 4. The van der Waals surface area contributed by atoms with Crippen LogP contribution in [0, 0.1) is 0 Å². The second-order valence-electron chi connectivity index (χ2n) is 3.17. The van der Waals surface area contributed by atoms with Crippen LogP contribution in [0.3, 0.4) is 0 Å². The second-order valence-corrected chi connectivity index (χ2v) is 3.17. The van der Waals surface area contributed by atoms with Crippen molar-refractivity contribution >= 4 is 17.3 Å². The zero-order valence-electron chi connectivity index (χ0n) is 8.42. The van der Waals surface area contributed by atoms with Gasteiger partial charge in [-0.3, -0.25) is 9.78 Å². The molecule has 0 unspecified atom stereocenters. The molecule has 0 aliphatic rings. The third kappa shape index (κ3) is 2.33. The van der Waals surface area contributed by atoms with Crippen LogP contribution in [0.25, 0.3) is 0 Å². The van der Waals surface area contributed by atoms with Gasteiger partial charge in [0.2, 0.25) is 0 Å². The van der Waals surface area contributed by atoms with Gasteiger partial charge in [-0.2, -0.15) is 0 Å². The number of anilines is 2. The van der Waals surface area contributed by atoms with E-state index in [1.54, 1.807) is 24.3 Å². The Kier molecular flexibility index (Phi) is 2.77. The molecule has 16 heavy (non-hydrogen) atoms. The van der Waals surface area contributed by atoms with Crippen molar-refractivity contribution in [3.63, 3.8) is 0 Å². The number of benzene rings is 1. The molecule has 1 aromatic carbocycles. The molecule has 5 nitrogen and oxygen atoms in total. The number of amides is 1. The van der Waals surface area contributed by atoms with Gasteiger partial charge in [-0.15, -0.1) is 0 Å². The minimum Gasteiger partial charge on any atom is -0.399 e. The lowest BCUT2D eigenvalue weighted by atomic mass is 10.3. The molecule has 1 amide bonds. The van der Waals surface area contributed by atoms with Crippen molar-refractivity contribution in [2.75, 3.05) is 11.1 Å². The van der Waals surface area contributed by atoms with Gasteiger partial charge in [-0.1, -0.05) is 0 Å². The molecule has 0 saturated carbocycles. The SMILES string of the molecule is Nc1ccc(NC(=O)c2cnccn2)cc1. The topological polar surface area (TPSA) is 80.9 Å². The summed E-state index contributed by atoms with van der Waals surface area (Å²) >= 11 is 0. The molecule has 0 atom stereocenters. The Labute approximate surface area is 92.3 Å². The fourth-order valence-corrected chi connectivity index (χ4v) is 1.18. The van der Waals surface area contributed by atoms with E-state index < -0.39 is 0 Å². The van der Waals surface area contributed by atoms with Crippen molar-refractivity contribution < 1.29 is 4.79 Å². The van der Waals surface area contributed by atoms with Crippen LogP contribution in [0.5, 0.6) is 0 Å². The second kappa shape index (κ2) is 4.39. The Hall–Kier alpha value is -2.43. The van der Waals surface area contributed by atoms with Gasteiger partial charge in [0.05, 0.1) is 6.20 Å². The van der Waals surface area contributed by atoms with E-state index in [9.17, 15) is 4.79 Å². The number of nitrogens with zero attached hydrogens (tertiary/aromatic N) is 2. The average molecular weight is 214 g/mol.